The van der Waals surface area contributed by atoms with Crippen LogP contribution >= 0.6 is 0 Å². The second-order valence-electron chi connectivity index (χ2n) is 5.27. The van der Waals surface area contributed by atoms with Gasteiger partial charge in [-0.1, -0.05) is 6.92 Å². The molecule has 0 aromatic rings. The highest BCUT2D eigenvalue weighted by atomic mass is 16.5. The predicted octanol–water partition coefficient (Wildman–Crippen LogP) is 1.08. The van der Waals surface area contributed by atoms with Gasteiger partial charge >= 0.3 is 18.0 Å². The molecule has 0 radical (unpaired) electrons. The summed E-state index contributed by atoms with van der Waals surface area (Å²) in [7, 11) is 0. The molecular formula is C14H24N2O5. The van der Waals surface area contributed by atoms with Crippen molar-refractivity contribution >= 4 is 18.0 Å². The topological polar surface area (TPSA) is 95.9 Å². The normalized spacial score (nSPS) is 17.1. The number of ether oxygens (including phenoxy) is 1. The van der Waals surface area contributed by atoms with Gasteiger partial charge in [0.05, 0.1) is 18.4 Å². The van der Waals surface area contributed by atoms with Gasteiger partial charge in [-0.3, -0.25) is 9.59 Å². The Morgan fingerprint density at radius 1 is 1.33 bits per heavy atom. The highest BCUT2D eigenvalue weighted by molar-refractivity contribution is 5.76. The number of carboxylic acids is 1. The van der Waals surface area contributed by atoms with Gasteiger partial charge in [0.2, 0.25) is 0 Å². The molecule has 0 aromatic heterocycles. The molecule has 2 amide bonds. The van der Waals surface area contributed by atoms with Crippen molar-refractivity contribution in [1.29, 1.82) is 0 Å². The Bertz CT molecular complexity index is 378. The Morgan fingerprint density at radius 3 is 2.48 bits per heavy atom. The molecule has 0 saturated carbocycles. The first kappa shape index (κ1) is 17.3. The first-order chi connectivity index (χ1) is 9.95. The lowest BCUT2D eigenvalue weighted by molar-refractivity contribution is -0.149. The van der Waals surface area contributed by atoms with Crippen molar-refractivity contribution in [1.82, 2.24) is 10.2 Å². The highest BCUT2D eigenvalue weighted by Crippen LogP contribution is 2.18. The number of esters is 1. The summed E-state index contributed by atoms with van der Waals surface area (Å²) >= 11 is 0. The quantitative estimate of drug-likeness (QED) is 0.716. The van der Waals surface area contributed by atoms with Crippen molar-refractivity contribution in [2.75, 3.05) is 26.2 Å². The van der Waals surface area contributed by atoms with Crippen LogP contribution in [0.2, 0.25) is 0 Å². The molecule has 0 spiro atoms. The Kier molecular flexibility index (Phi) is 6.98. The van der Waals surface area contributed by atoms with Crippen LogP contribution in [-0.2, 0) is 14.3 Å². The van der Waals surface area contributed by atoms with Gasteiger partial charge in [-0.2, -0.15) is 0 Å². The first-order valence-electron chi connectivity index (χ1n) is 7.37. The second-order valence-corrected chi connectivity index (χ2v) is 5.27. The number of nitrogens with zero attached hydrogens (tertiary/aromatic N) is 1. The van der Waals surface area contributed by atoms with Gasteiger partial charge < -0.3 is 20.1 Å². The monoisotopic (exact) mass is 300 g/mol. The van der Waals surface area contributed by atoms with E-state index in [1.165, 1.54) is 0 Å². The number of carbonyl (C=O) groups excluding carboxylic acids is 2. The molecule has 21 heavy (non-hydrogen) atoms. The van der Waals surface area contributed by atoms with E-state index in [1.54, 1.807) is 18.7 Å². The Hall–Kier alpha value is -1.79. The average molecular weight is 300 g/mol. The Morgan fingerprint density at radius 2 is 1.95 bits per heavy atom. The molecule has 2 N–H and O–H groups in total. The van der Waals surface area contributed by atoms with E-state index in [0.29, 0.717) is 45.5 Å². The standard InChI is InChI=1S/C14H24N2O5/c1-3-21-13(19)11-5-8-16(9-6-11)14(20)15-7-4-10(2)12(17)18/h10-11H,3-9H2,1-2H3,(H,15,20)(H,17,18). The minimum Gasteiger partial charge on any atom is -0.481 e. The van der Waals surface area contributed by atoms with Crippen molar-refractivity contribution in [2.24, 2.45) is 11.8 Å². The predicted molar refractivity (Wildman–Crippen MR) is 75.7 cm³/mol. The molecule has 1 atom stereocenters. The molecule has 1 saturated heterocycles. The maximum atomic E-state index is 11.9. The number of likely N-dealkylation sites (tertiary alicyclic amines) is 1. The number of rotatable bonds is 6. The summed E-state index contributed by atoms with van der Waals surface area (Å²) < 4.78 is 4.98. The molecule has 0 bridgehead atoms. The van der Waals surface area contributed by atoms with Crippen LogP contribution in [0, 0.1) is 11.8 Å². The van der Waals surface area contributed by atoms with E-state index in [2.05, 4.69) is 5.32 Å². The lowest BCUT2D eigenvalue weighted by Crippen LogP contribution is -2.46. The summed E-state index contributed by atoms with van der Waals surface area (Å²) in [6.07, 6.45) is 1.62. The summed E-state index contributed by atoms with van der Waals surface area (Å²) in [5.41, 5.74) is 0. The van der Waals surface area contributed by atoms with E-state index >= 15 is 0 Å². The van der Waals surface area contributed by atoms with Crippen LogP contribution in [0.5, 0.6) is 0 Å². The van der Waals surface area contributed by atoms with Gasteiger partial charge in [0.1, 0.15) is 0 Å². The number of carboxylic acid groups (broad SMARTS) is 1. The maximum Gasteiger partial charge on any atom is 0.317 e. The van der Waals surface area contributed by atoms with Gasteiger partial charge in [0, 0.05) is 19.6 Å². The van der Waals surface area contributed by atoms with Crippen LogP contribution in [-0.4, -0.2) is 54.2 Å². The highest BCUT2D eigenvalue weighted by Gasteiger charge is 2.28. The van der Waals surface area contributed by atoms with Crippen molar-refractivity contribution < 1.29 is 24.2 Å². The molecule has 1 aliphatic heterocycles. The van der Waals surface area contributed by atoms with Gasteiger partial charge in [-0.15, -0.1) is 0 Å². The van der Waals surface area contributed by atoms with Gasteiger partial charge in [-0.05, 0) is 26.2 Å². The lowest BCUT2D eigenvalue weighted by atomic mass is 9.97. The van der Waals surface area contributed by atoms with Gasteiger partial charge in [0.25, 0.3) is 0 Å². The van der Waals surface area contributed by atoms with Gasteiger partial charge in [-0.25, -0.2) is 4.79 Å². The third kappa shape index (κ3) is 5.61. The summed E-state index contributed by atoms with van der Waals surface area (Å²) in [6.45, 7) is 5.14. The van der Waals surface area contributed by atoms with Crippen LogP contribution in [0.3, 0.4) is 0 Å². The van der Waals surface area contributed by atoms with Crippen LogP contribution in [0.15, 0.2) is 0 Å². The zero-order chi connectivity index (χ0) is 15.8. The van der Waals surface area contributed by atoms with E-state index in [4.69, 9.17) is 9.84 Å². The molecule has 1 rings (SSSR count). The number of nitrogens with one attached hydrogen (secondary N) is 1. The zero-order valence-corrected chi connectivity index (χ0v) is 12.6. The molecule has 7 heteroatoms. The number of piperidine rings is 1. The molecule has 120 valence electrons. The lowest BCUT2D eigenvalue weighted by Gasteiger charge is -2.31. The first-order valence-corrected chi connectivity index (χ1v) is 7.37. The maximum absolute atomic E-state index is 11.9. The second kappa shape index (κ2) is 8.49. The molecule has 1 heterocycles. The number of amides is 2. The summed E-state index contributed by atoms with van der Waals surface area (Å²) in [4.78, 5) is 35.8. The SMILES string of the molecule is CCOC(=O)C1CCN(C(=O)NCCC(C)C(=O)O)CC1. The minimum absolute atomic E-state index is 0.124. The fourth-order valence-corrected chi connectivity index (χ4v) is 2.21. The summed E-state index contributed by atoms with van der Waals surface area (Å²) in [5.74, 6) is -1.65. The largest absolute Gasteiger partial charge is 0.481 e. The average Bonchev–Trinajstić information content (AvgIpc) is 2.47. The number of urea groups is 1. The molecule has 1 unspecified atom stereocenters. The number of hydrogen-bond acceptors (Lipinski definition) is 4. The number of hydrogen-bond donors (Lipinski definition) is 2. The van der Waals surface area contributed by atoms with Crippen molar-refractivity contribution in [3.63, 3.8) is 0 Å². The zero-order valence-electron chi connectivity index (χ0n) is 12.6. The van der Waals surface area contributed by atoms with E-state index in [1.807, 2.05) is 0 Å². The molecule has 1 fully saturated rings. The Labute approximate surface area is 124 Å². The van der Waals surface area contributed by atoms with E-state index in [0.717, 1.165) is 0 Å². The van der Waals surface area contributed by atoms with E-state index in [-0.39, 0.29) is 17.9 Å². The third-order valence-corrected chi connectivity index (χ3v) is 3.68. The number of aliphatic carboxylic acids is 1. The third-order valence-electron chi connectivity index (χ3n) is 3.68. The van der Waals surface area contributed by atoms with Crippen LogP contribution in [0.4, 0.5) is 4.79 Å². The molecular weight excluding hydrogens is 276 g/mol. The van der Waals surface area contributed by atoms with E-state index < -0.39 is 11.9 Å². The molecule has 0 aromatic carbocycles. The van der Waals surface area contributed by atoms with Crippen LogP contribution in [0.1, 0.15) is 33.1 Å². The minimum atomic E-state index is -0.862. The Balaban J connectivity index is 2.26. The number of carbonyl (C=O) groups is 3. The molecule has 0 aliphatic carbocycles. The van der Waals surface area contributed by atoms with Crippen molar-refractivity contribution in [2.45, 2.75) is 33.1 Å². The van der Waals surface area contributed by atoms with Crippen LogP contribution < -0.4 is 5.32 Å². The molecule has 1 aliphatic rings. The summed E-state index contributed by atoms with van der Waals surface area (Å²) in [5, 5.41) is 11.5. The van der Waals surface area contributed by atoms with Crippen LogP contribution in [0.25, 0.3) is 0 Å². The van der Waals surface area contributed by atoms with Crippen molar-refractivity contribution in [3.05, 3.63) is 0 Å². The van der Waals surface area contributed by atoms with Crippen molar-refractivity contribution in [3.8, 4) is 0 Å². The fraction of sp³-hybridized carbons (Fsp3) is 0.786. The molecule has 7 nitrogen and oxygen atoms in total. The smallest absolute Gasteiger partial charge is 0.317 e. The summed E-state index contributed by atoms with van der Waals surface area (Å²) in [6, 6.07) is -0.199. The van der Waals surface area contributed by atoms with Gasteiger partial charge in [0.15, 0.2) is 0 Å². The fourth-order valence-electron chi connectivity index (χ4n) is 2.21. The van der Waals surface area contributed by atoms with E-state index in [9.17, 15) is 14.4 Å².